The molecule has 1 aromatic carbocycles. The molecule has 1 amide bonds. The molecule has 1 fully saturated rings. The number of benzene rings is 1. The molecule has 0 saturated carbocycles. The topological polar surface area (TPSA) is 45.2 Å². The predicted molar refractivity (Wildman–Crippen MR) is 89.2 cm³/mol. The van der Waals surface area contributed by atoms with Crippen molar-refractivity contribution < 1.29 is 4.79 Å². The summed E-state index contributed by atoms with van der Waals surface area (Å²) in [7, 11) is 0. The van der Waals surface area contributed by atoms with Crippen molar-refractivity contribution in [3.63, 3.8) is 0 Å². The van der Waals surface area contributed by atoms with Crippen molar-refractivity contribution in [2.45, 2.75) is 32.4 Å². The minimum absolute atomic E-state index is 0.0132. The predicted octanol–water partition coefficient (Wildman–Crippen LogP) is 3.02. The van der Waals surface area contributed by atoms with Crippen LogP contribution in [-0.4, -0.2) is 34.9 Å². The Morgan fingerprint density at radius 1 is 1.41 bits per heavy atom. The second kappa shape index (κ2) is 6.58. The Morgan fingerprint density at radius 2 is 2.18 bits per heavy atom. The van der Waals surface area contributed by atoms with Gasteiger partial charge in [0.25, 0.3) is 5.91 Å². The molecule has 0 aliphatic carbocycles. The number of nitrogens with zero attached hydrogens (tertiary/aromatic N) is 2. The summed E-state index contributed by atoms with van der Waals surface area (Å²) in [5.41, 5.74) is 3.87. The molecule has 2 heterocycles. The minimum Gasteiger partial charge on any atom is -0.347 e. The van der Waals surface area contributed by atoms with Crippen molar-refractivity contribution in [1.29, 1.82) is 0 Å². The van der Waals surface area contributed by atoms with Crippen molar-refractivity contribution in [1.82, 2.24) is 15.2 Å². The average Bonchev–Trinajstić information content (AvgIpc) is 3.16. The molecule has 116 valence electrons. The number of carbonyl (C=O) groups excluding carboxylic acids is 1. The third-order valence-corrected chi connectivity index (χ3v) is 5.26. The van der Waals surface area contributed by atoms with Gasteiger partial charge in [-0.15, -0.1) is 11.3 Å². The van der Waals surface area contributed by atoms with Crippen LogP contribution in [0.15, 0.2) is 35.8 Å². The van der Waals surface area contributed by atoms with Crippen molar-refractivity contribution in [2.24, 2.45) is 0 Å². The molecule has 1 aliphatic heterocycles. The van der Waals surface area contributed by atoms with Crippen LogP contribution in [0.4, 0.5) is 0 Å². The van der Waals surface area contributed by atoms with E-state index in [-0.39, 0.29) is 11.9 Å². The first-order valence-electron chi connectivity index (χ1n) is 7.65. The molecule has 1 saturated heterocycles. The highest BCUT2D eigenvalue weighted by molar-refractivity contribution is 7.11. The summed E-state index contributed by atoms with van der Waals surface area (Å²) in [6, 6.07) is 11.1. The fourth-order valence-electron chi connectivity index (χ4n) is 2.97. The zero-order valence-electron chi connectivity index (χ0n) is 13.0. The van der Waals surface area contributed by atoms with E-state index in [1.54, 1.807) is 5.51 Å². The fraction of sp³-hybridized carbons (Fsp3) is 0.412. The molecule has 1 N–H and O–H groups in total. The van der Waals surface area contributed by atoms with Gasteiger partial charge in [-0.25, -0.2) is 4.98 Å². The second-order valence-electron chi connectivity index (χ2n) is 5.81. The molecule has 2 aromatic rings. The van der Waals surface area contributed by atoms with Gasteiger partial charge in [0.2, 0.25) is 0 Å². The van der Waals surface area contributed by atoms with Gasteiger partial charge in [-0.1, -0.05) is 30.3 Å². The van der Waals surface area contributed by atoms with Crippen molar-refractivity contribution in [3.8, 4) is 0 Å². The van der Waals surface area contributed by atoms with Gasteiger partial charge >= 0.3 is 0 Å². The second-order valence-corrected chi connectivity index (χ2v) is 6.66. The molecule has 0 unspecified atom stereocenters. The number of nitrogens with one attached hydrogen (secondary N) is 1. The summed E-state index contributed by atoms with van der Waals surface area (Å²) >= 11 is 1.41. The molecule has 5 heteroatoms. The first-order valence-corrected chi connectivity index (χ1v) is 8.53. The SMILES string of the molecule is Cc1ncsc1C(=O)N[C@H]1CCN([C@@H](C)c2ccccc2)C1. The van der Waals surface area contributed by atoms with Gasteiger partial charge in [0.15, 0.2) is 0 Å². The van der Waals surface area contributed by atoms with E-state index in [1.165, 1.54) is 16.9 Å². The summed E-state index contributed by atoms with van der Waals surface area (Å²) in [5, 5.41) is 3.15. The van der Waals surface area contributed by atoms with E-state index in [9.17, 15) is 4.79 Å². The summed E-state index contributed by atoms with van der Waals surface area (Å²) in [6.07, 6.45) is 1.00. The number of aromatic nitrogens is 1. The lowest BCUT2D eigenvalue weighted by Gasteiger charge is -2.24. The van der Waals surface area contributed by atoms with E-state index in [0.29, 0.717) is 6.04 Å². The first kappa shape index (κ1) is 15.2. The number of likely N-dealkylation sites (tertiary alicyclic amines) is 1. The highest BCUT2D eigenvalue weighted by atomic mass is 32.1. The number of hydrogen-bond acceptors (Lipinski definition) is 4. The maximum Gasteiger partial charge on any atom is 0.263 e. The van der Waals surface area contributed by atoms with E-state index in [0.717, 1.165) is 30.1 Å². The van der Waals surface area contributed by atoms with Gasteiger partial charge in [0.05, 0.1) is 11.2 Å². The third kappa shape index (κ3) is 3.20. The van der Waals surface area contributed by atoms with E-state index >= 15 is 0 Å². The van der Waals surface area contributed by atoms with Crippen LogP contribution in [-0.2, 0) is 0 Å². The Balaban J connectivity index is 1.59. The average molecular weight is 315 g/mol. The Hall–Kier alpha value is -1.72. The number of rotatable bonds is 4. The lowest BCUT2D eigenvalue weighted by atomic mass is 10.1. The zero-order chi connectivity index (χ0) is 15.5. The number of amides is 1. The summed E-state index contributed by atoms with van der Waals surface area (Å²) in [4.78, 5) is 19.6. The summed E-state index contributed by atoms with van der Waals surface area (Å²) in [5.74, 6) is 0.0132. The van der Waals surface area contributed by atoms with Crippen LogP contribution in [0.2, 0.25) is 0 Å². The standard InChI is InChI=1S/C17H21N3OS/c1-12-16(22-11-18-12)17(21)19-15-8-9-20(10-15)13(2)14-6-4-3-5-7-14/h3-7,11,13,15H,8-10H2,1-2H3,(H,19,21)/t13-,15-/m0/s1. The Kier molecular flexibility index (Phi) is 4.55. The van der Waals surface area contributed by atoms with Gasteiger partial charge in [-0.05, 0) is 25.8 Å². The monoisotopic (exact) mass is 315 g/mol. The van der Waals surface area contributed by atoms with Crippen molar-refractivity contribution >= 4 is 17.2 Å². The number of carbonyl (C=O) groups is 1. The molecule has 4 nitrogen and oxygen atoms in total. The maximum absolute atomic E-state index is 12.3. The fourth-order valence-corrected chi connectivity index (χ4v) is 3.68. The molecule has 0 spiro atoms. The van der Waals surface area contributed by atoms with Gasteiger partial charge in [0, 0.05) is 25.2 Å². The van der Waals surface area contributed by atoms with Gasteiger partial charge in [0.1, 0.15) is 4.88 Å². The van der Waals surface area contributed by atoms with Crippen LogP contribution in [0.1, 0.15) is 40.3 Å². The van der Waals surface area contributed by atoms with E-state index < -0.39 is 0 Å². The molecule has 2 atom stereocenters. The largest absolute Gasteiger partial charge is 0.347 e. The number of hydrogen-bond donors (Lipinski definition) is 1. The third-order valence-electron chi connectivity index (χ3n) is 4.34. The molecule has 1 aromatic heterocycles. The molecule has 0 bridgehead atoms. The normalized spacial score (nSPS) is 20.0. The minimum atomic E-state index is 0.0132. The molecule has 22 heavy (non-hydrogen) atoms. The highest BCUT2D eigenvalue weighted by Crippen LogP contribution is 2.24. The van der Waals surface area contributed by atoms with Crippen LogP contribution in [0.5, 0.6) is 0 Å². The van der Waals surface area contributed by atoms with E-state index in [2.05, 4.69) is 46.4 Å². The number of thiazole rings is 1. The quantitative estimate of drug-likeness (QED) is 0.943. The van der Waals surface area contributed by atoms with Crippen LogP contribution in [0, 0.1) is 6.92 Å². The molecule has 1 aliphatic rings. The Morgan fingerprint density at radius 3 is 2.86 bits per heavy atom. The van der Waals surface area contributed by atoms with Crippen LogP contribution < -0.4 is 5.32 Å². The first-order chi connectivity index (χ1) is 10.6. The van der Waals surface area contributed by atoms with Crippen LogP contribution >= 0.6 is 11.3 Å². The van der Waals surface area contributed by atoms with E-state index in [1.807, 2.05) is 13.0 Å². The van der Waals surface area contributed by atoms with Crippen LogP contribution in [0.3, 0.4) is 0 Å². The maximum atomic E-state index is 12.3. The van der Waals surface area contributed by atoms with Gasteiger partial charge in [-0.2, -0.15) is 0 Å². The summed E-state index contributed by atoms with van der Waals surface area (Å²) < 4.78 is 0. The highest BCUT2D eigenvalue weighted by Gasteiger charge is 2.28. The lowest BCUT2D eigenvalue weighted by molar-refractivity contribution is 0.0940. The summed E-state index contributed by atoms with van der Waals surface area (Å²) in [6.45, 7) is 6.03. The molecule has 3 rings (SSSR count). The van der Waals surface area contributed by atoms with Gasteiger partial charge < -0.3 is 5.32 Å². The zero-order valence-corrected chi connectivity index (χ0v) is 13.8. The molecular weight excluding hydrogens is 294 g/mol. The number of aryl methyl sites for hydroxylation is 1. The lowest BCUT2D eigenvalue weighted by Crippen LogP contribution is -2.37. The van der Waals surface area contributed by atoms with Crippen LogP contribution in [0.25, 0.3) is 0 Å². The Bertz CT molecular complexity index is 640. The van der Waals surface area contributed by atoms with Crippen molar-refractivity contribution in [3.05, 3.63) is 52.0 Å². The molecule has 0 radical (unpaired) electrons. The van der Waals surface area contributed by atoms with Crippen molar-refractivity contribution in [2.75, 3.05) is 13.1 Å². The van der Waals surface area contributed by atoms with Gasteiger partial charge in [-0.3, -0.25) is 9.69 Å². The smallest absolute Gasteiger partial charge is 0.263 e. The van der Waals surface area contributed by atoms with E-state index in [4.69, 9.17) is 0 Å². The molecular formula is C17H21N3OS. The Labute approximate surface area is 135 Å².